The van der Waals surface area contributed by atoms with Crippen molar-refractivity contribution < 1.29 is 9.72 Å². The minimum absolute atomic E-state index is 0.127. The van der Waals surface area contributed by atoms with Crippen molar-refractivity contribution in [2.75, 3.05) is 0 Å². The van der Waals surface area contributed by atoms with E-state index in [4.69, 9.17) is 0 Å². The monoisotopic (exact) mass is 445 g/mol. The molecule has 6 nitrogen and oxygen atoms in total. The Morgan fingerprint density at radius 2 is 1.96 bits per heavy atom. The van der Waals surface area contributed by atoms with E-state index >= 15 is 0 Å². The van der Waals surface area contributed by atoms with Gasteiger partial charge in [0.2, 0.25) is 0 Å². The molecule has 0 N–H and O–H groups in total. The molecule has 0 radical (unpaired) electrons. The summed E-state index contributed by atoms with van der Waals surface area (Å²) in [6, 6.07) is 13.6. The molecular weight excluding hydrogens is 430 g/mol. The minimum Gasteiger partial charge on any atom is -0.316 e. The van der Waals surface area contributed by atoms with Crippen LogP contribution in [0, 0.1) is 17.0 Å². The van der Waals surface area contributed by atoms with E-state index in [0.717, 1.165) is 20.6 Å². The zero-order valence-corrected chi connectivity index (χ0v) is 17.1. The Labute approximate surface area is 168 Å². The van der Waals surface area contributed by atoms with E-state index in [-0.39, 0.29) is 11.3 Å². The highest BCUT2D eigenvalue weighted by molar-refractivity contribution is 9.10. The topological polar surface area (TPSA) is 77.5 Å². The number of amides is 1. The SMILES string of the molecule is CCn1c(-c2ccc(Br)cc2)c(C)sc1=NC(=O)c1cccc([N+](=O)[O-])c1. The van der Waals surface area contributed by atoms with Crippen LogP contribution in [-0.2, 0) is 6.54 Å². The summed E-state index contributed by atoms with van der Waals surface area (Å²) in [5.41, 5.74) is 2.12. The lowest BCUT2D eigenvalue weighted by atomic mass is 10.1. The smallest absolute Gasteiger partial charge is 0.279 e. The molecule has 8 heteroatoms. The minimum atomic E-state index is -0.524. The molecule has 0 bridgehead atoms. The number of non-ortho nitro benzene ring substituents is 1. The number of benzene rings is 2. The molecule has 0 aliphatic carbocycles. The number of nitro groups is 1. The summed E-state index contributed by atoms with van der Waals surface area (Å²) < 4.78 is 2.98. The predicted molar refractivity (Wildman–Crippen MR) is 109 cm³/mol. The number of aromatic nitrogens is 1. The Kier molecular flexibility index (Phi) is 5.67. The van der Waals surface area contributed by atoms with Crippen LogP contribution in [0.5, 0.6) is 0 Å². The van der Waals surface area contributed by atoms with E-state index in [1.165, 1.54) is 35.6 Å². The summed E-state index contributed by atoms with van der Waals surface area (Å²) in [7, 11) is 0. The fourth-order valence-corrected chi connectivity index (χ4v) is 4.10. The van der Waals surface area contributed by atoms with E-state index in [2.05, 4.69) is 20.9 Å². The van der Waals surface area contributed by atoms with E-state index in [1.54, 1.807) is 0 Å². The molecule has 138 valence electrons. The lowest BCUT2D eigenvalue weighted by molar-refractivity contribution is -0.384. The number of halogens is 1. The maximum atomic E-state index is 12.6. The highest BCUT2D eigenvalue weighted by atomic mass is 79.9. The van der Waals surface area contributed by atoms with E-state index in [9.17, 15) is 14.9 Å². The number of rotatable bonds is 4. The molecule has 0 atom stereocenters. The van der Waals surface area contributed by atoms with Crippen LogP contribution in [0.1, 0.15) is 22.2 Å². The number of aryl methyl sites for hydroxylation is 1. The van der Waals surface area contributed by atoms with Crippen LogP contribution in [0.25, 0.3) is 11.3 Å². The summed E-state index contributed by atoms with van der Waals surface area (Å²) in [6.45, 7) is 4.63. The molecule has 27 heavy (non-hydrogen) atoms. The van der Waals surface area contributed by atoms with Gasteiger partial charge in [-0.15, -0.1) is 11.3 Å². The molecule has 3 aromatic rings. The van der Waals surface area contributed by atoms with Crippen molar-refractivity contribution in [2.24, 2.45) is 4.99 Å². The predicted octanol–water partition coefficient (Wildman–Crippen LogP) is 4.96. The normalized spacial score (nSPS) is 11.6. The highest BCUT2D eigenvalue weighted by Crippen LogP contribution is 2.26. The van der Waals surface area contributed by atoms with Gasteiger partial charge in [-0.2, -0.15) is 4.99 Å². The molecular formula is C19H16BrN3O3S. The van der Waals surface area contributed by atoms with Gasteiger partial charge in [0.25, 0.3) is 11.6 Å². The van der Waals surface area contributed by atoms with Gasteiger partial charge < -0.3 is 4.57 Å². The van der Waals surface area contributed by atoms with E-state index < -0.39 is 10.8 Å². The van der Waals surface area contributed by atoms with Gasteiger partial charge in [-0.25, -0.2) is 0 Å². The molecule has 1 amide bonds. The number of nitrogens with zero attached hydrogens (tertiary/aromatic N) is 3. The van der Waals surface area contributed by atoms with Gasteiger partial charge in [-0.1, -0.05) is 34.1 Å². The molecule has 0 aliphatic heterocycles. The first kappa shape index (κ1) is 19.2. The quantitative estimate of drug-likeness (QED) is 0.420. The number of hydrogen-bond acceptors (Lipinski definition) is 4. The molecule has 0 unspecified atom stereocenters. The fourth-order valence-electron chi connectivity index (χ4n) is 2.77. The van der Waals surface area contributed by atoms with Gasteiger partial charge in [-0.05, 0) is 37.6 Å². The van der Waals surface area contributed by atoms with Gasteiger partial charge >= 0.3 is 0 Å². The number of nitro benzene ring substituents is 1. The third-order valence-electron chi connectivity index (χ3n) is 4.01. The lowest BCUT2D eigenvalue weighted by Gasteiger charge is -2.07. The molecule has 1 heterocycles. The van der Waals surface area contributed by atoms with Gasteiger partial charge in [0.1, 0.15) is 0 Å². The second-order valence-electron chi connectivity index (χ2n) is 5.76. The third kappa shape index (κ3) is 4.06. The van der Waals surface area contributed by atoms with Crippen molar-refractivity contribution in [3.8, 4) is 11.3 Å². The van der Waals surface area contributed by atoms with Crippen molar-refractivity contribution in [3.05, 3.63) is 78.4 Å². The number of carbonyl (C=O) groups is 1. The van der Waals surface area contributed by atoms with Crippen LogP contribution in [0.3, 0.4) is 0 Å². The van der Waals surface area contributed by atoms with Crippen LogP contribution in [-0.4, -0.2) is 15.4 Å². The zero-order valence-electron chi connectivity index (χ0n) is 14.7. The van der Waals surface area contributed by atoms with Crippen LogP contribution < -0.4 is 4.80 Å². The first-order chi connectivity index (χ1) is 12.9. The average Bonchev–Trinajstić information content (AvgIpc) is 2.97. The van der Waals surface area contributed by atoms with Crippen molar-refractivity contribution in [3.63, 3.8) is 0 Å². The van der Waals surface area contributed by atoms with Crippen LogP contribution in [0.4, 0.5) is 5.69 Å². The van der Waals surface area contributed by atoms with Crippen molar-refractivity contribution in [1.82, 2.24) is 4.57 Å². The molecule has 1 aromatic heterocycles. The van der Waals surface area contributed by atoms with Gasteiger partial charge in [0.05, 0.1) is 10.6 Å². The molecule has 3 rings (SSSR count). The summed E-state index contributed by atoms with van der Waals surface area (Å²) >= 11 is 4.86. The Morgan fingerprint density at radius 1 is 1.26 bits per heavy atom. The largest absolute Gasteiger partial charge is 0.316 e. The van der Waals surface area contributed by atoms with Crippen LogP contribution in [0.2, 0.25) is 0 Å². The maximum Gasteiger partial charge on any atom is 0.279 e. The molecule has 0 fully saturated rings. The van der Waals surface area contributed by atoms with Crippen molar-refractivity contribution in [2.45, 2.75) is 20.4 Å². The molecule has 0 saturated heterocycles. The number of thiazole rings is 1. The fraction of sp³-hybridized carbons (Fsp3) is 0.158. The second-order valence-corrected chi connectivity index (χ2v) is 7.86. The number of hydrogen-bond donors (Lipinski definition) is 0. The summed E-state index contributed by atoms with van der Waals surface area (Å²) in [6.07, 6.45) is 0. The first-order valence-electron chi connectivity index (χ1n) is 8.20. The Morgan fingerprint density at radius 3 is 2.59 bits per heavy atom. The Bertz CT molecular complexity index is 1080. The average molecular weight is 446 g/mol. The number of carbonyl (C=O) groups excluding carboxylic acids is 1. The summed E-state index contributed by atoms with van der Waals surface area (Å²) in [5, 5.41) is 10.9. The highest BCUT2D eigenvalue weighted by Gasteiger charge is 2.15. The van der Waals surface area contributed by atoms with Crippen LogP contribution >= 0.6 is 27.3 Å². The van der Waals surface area contributed by atoms with E-state index in [0.29, 0.717) is 11.3 Å². The van der Waals surface area contributed by atoms with Gasteiger partial charge in [0.15, 0.2) is 4.80 Å². The molecule has 0 spiro atoms. The van der Waals surface area contributed by atoms with Crippen molar-refractivity contribution >= 4 is 38.9 Å². The Balaban J connectivity index is 2.08. The summed E-state index contributed by atoms with van der Waals surface area (Å²) in [5.74, 6) is -0.496. The molecule has 0 saturated carbocycles. The maximum absolute atomic E-state index is 12.6. The van der Waals surface area contributed by atoms with Crippen molar-refractivity contribution in [1.29, 1.82) is 0 Å². The molecule has 0 aliphatic rings. The van der Waals surface area contributed by atoms with Gasteiger partial charge in [-0.3, -0.25) is 14.9 Å². The van der Waals surface area contributed by atoms with Gasteiger partial charge in [0, 0.05) is 33.6 Å². The van der Waals surface area contributed by atoms with Crippen LogP contribution in [0.15, 0.2) is 58.0 Å². The Hall–Kier alpha value is -2.58. The second kappa shape index (κ2) is 7.98. The standard InChI is InChI=1S/C19H16BrN3O3S/c1-3-22-17(13-7-9-15(20)10-8-13)12(2)27-19(22)21-18(24)14-5-4-6-16(11-14)23(25)26/h4-11H,3H2,1-2H3. The lowest BCUT2D eigenvalue weighted by Crippen LogP contribution is -2.17. The summed E-state index contributed by atoms with van der Waals surface area (Å²) in [4.78, 5) is 28.8. The third-order valence-corrected chi connectivity index (χ3v) is 5.54. The molecule has 2 aromatic carbocycles. The zero-order chi connectivity index (χ0) is 19.6. The van der Waals surface area contributed by atoms with E-state index in [1.807, 2.05) is 42.7 Å². The first-order valence-corrected chi connectivity index (χ1v) is 9.81.